The first kappa shape index (κ1) is 20.2. The van der Waals surface area contributed by atoms with Gasteiger partial charge in [-0.2, -0.15) is 0 Å². The molecule has 1 aromatic rings. The summed E-state index contributed by atoms with van der Waals surface area (Å²) in [4.78, 5) is 11.8. The van der Waals surface area contributed by atoms with Gasteiger partial charge in [-0.1, -0.05) is 13.8 Å². The smallest absolute Gasteiger partial charge is 0.257 e. The maximum Gasteiger partial charge on any atom is 0.257 e. The number of halogens is 1. The molecule has 0 fully saturated rings. The first-order valence-corrected chi connectivity index (χ1v) is 8.23. The van der Waals surface area contributed by atoms with Gasteiger partial charge in [0.2, 0.25) is 0 Å². The number of hydrogen-bond acceptors (Lipinski definition) is 5. The fourth-order valence-corrected chi connectivity index (χ4v) is 2.51. The Bertz CT molecular complexity index is 659. The van der Waals surface area contributed by atoms with Gasteiger partial charge in [-0.25, -0.2) is 8.42 Å². The van der Waals surface area contributed by atoms with Crippen LogP contribution in [0.15, 0.2) is 23.1 Å². The van der Waals surface area contributed by atoms with Gasteiger partial charge in [0, 0.05) is 18.4 Å². The summed E-state index contributed by atoms with van der Waals surface area (Å²) in [5.41, 5.74) is 5.66. The summed E-state index contributed by atoms with van der Waals surface area (Å²) in [6.45, 7) is 4.62. The van der Waals surface area contributed by atoms with E-state index in [-0.39, 0.29) is 22.9 Å². The van der Waals surface area contributed by atoms with E-state index in [9.17, 15) is 13.2 Å². The number of anilines is 1. The highest BCUT2D eigenvalue weighted by Crippen LogP contribution is 2.23. The molecule has 0 saturated carbocycles. The second kappa shape index (κ2) is 8.00. The van der Waals surface area contributed by atoms with Gasteiger partial charge in [0.25, 0.3) is 5.91 Å². The van der Waals surface area contributed by atoms with Crippen LogP contribution in [0.5, 0.6) is 0 Å². The Morgan fingerprint density at radius 3 is 2.41 bits per heavy atom. The molecule has 22 heavy (non-hydrogen) atoms. The van der Waals surface area contributed by atoms with Crippen LogP contribution in [0.2, 0.25) is 0 Å². The summed E-state index contributed by atoms with van der Waals surface area (Å²) in [5, 5.41) is 12.2. The van der Waals surface area contributed by atoms with Crippen LogP contribution in [-0.4, -0.2) is 33.1 Å². The molecule has 0 atom stereocenters. The third kappa shape index (κ3) is 5.90. The van der Waals surface area contributed by atoms with Gasteiger partial charge in [0.15, 0.2) is 15.8 Å². The number of hydrogen-bond donors (Lipinski definition) is 4. The lowest BCUT2D eigenvalue weighted by Gasteiger charge is -2.14. The Labute approximate surface area is 136 Å². The topological polar surface area (TPSA) is 125 Å². The lowest BCUT2D eigenvalue weighted by molar-refractivity contribution is 0.0976. The molecule has 0 saturated heterocycles. The fraction of sp³-hybridized carbons (Fsp3) is 0.385. The molecule has 0 bridgehead atoms. The lowest BCUT2D eigenvalue weighted by atomic mass is 10.1. The first-order chi connectivity index (χ1) is 9.61. The number of carbonyl (C=O) groups excluding carboxylic acids is 1. The minimum Gasteiger partial charge on any atom is -0.384 e. The lowest BCUT2D eigenvalue weighted by Crippen LogP contribution is -2.35. The summed E-state index contributed by atoms with van der Waals surface area (Å²) in [6, 6.07) is 4.29. The van der Waals surface area contributed by atoms with Gasteiger partial charge >= 0.3 is 0 Å². The summed E-state index contributed by atoms with van der Waals surface area (Å²) in [7, 11) is -3.49. The largest absolute Gasteiger partial charge is 0.384 e. The molecule has 9 heteroatoms. The Hall–Kier alpha value is -1.80. The Morgan fingerprint density at radius 2 is 1.95 bits per heavy atom. The van der Waals surface area contributed by atoms with Crippen LogP contribution >= 0.6 is 12.4 Å². The van der Waals surface area contributed by atoms with Crippen molar-refractivity contribution in [1.82, 2.24) is 5.32 Å². The van der Waals surface area contributed by atoms with Crippen molar-refractivity contribution in [2.75, 3.05) is 18.1 Å². The van der Waals surface area contributed by atoms with E-state index >= 15 is 0 Å². The quantitative estimate of drug-likeness (QED) is 0.470. The zero-order valence-corrected chi connectivity index (χ0v) is 14.3. The summed E-state index contributed by atoms with van der Waals surface area (Å²) < 4.78 is 23.7. The third-order valence-electron chi connectivity index (χ3n) is 2.59. The van der Waals surface area contributed by atoms with Crippen molar-refractivity contribution < 1.29 is 13.2 Å². The van der Waals surface area contributed by atoms with E-state index in [4.69, 9.17) is 11.1 Å². The van der Waals surface area contributed by atoms with Gasteiger partial charge in [-0.05, 0) is 24.1 Å². The monoisotopic (exact) mass is 348 g/mol. The second-order valence-corrected chi connectivity index (χ2v) is 7.11. The Morgan fingerprint density at radius 1 is 1.36 bits per heavy atom. The maximum absolute atomic E-state index is 11.9. The van der Waals surface area contributed by atoms with Gasteiger partial charge in [-0.15, -0.1) is 12.4 Å². The number of rotatable bonds is 5. The van der Waals surface area contributed by atoms with E-state index in [2.05, 4.69) is 10.6 Å². The molecule has 0 unspecified atom stereocenters. The SMILES string of the molecule is CC(C)CNc1ccc(C(=O)NC(=N)N)cc1S(C)(=O)=O.Cl. The fourth-order valence-electron chi connectivity index (χ4n) is 1.62. The summed E-state index contributed by atoms with van der Waals surface area (Å²) in [6.07, 6.45) is 1.08. The molecule has 1 amide bonds. The van der Waals surface area contributed by atoms with Gasteiger partial charge in [-0.3, -0.25) is 15.5 Å². The van der Waals surface area contributed by atoms with E-state index in [1.807, 2.05) is 13.8 Å². The molecule has 0 heterocycles. The van der Waals surface area contributed by atoms with E-state index in [1.165, 1.54) is 18.2 Å². The average Bonchev–Trinajstić information content (AvgIpc) is 2.34. The molecule has 0 aliphatic rings. The summed E-state index contributed by atoms with van der Waals surface area (Å²) >= 11 is 0. The van der Waals surface area contributed by atoms with Crippen molar-refractivity contribution in [3.05, 3.63) is 23.8 Å². The van der Waals surface area contributed by atoms with Gasteiger partial charge < -0.3 is 11.1 Å². The predicted molar refractivity (Wildman–Crippen MR) is 89.5 cm³/mol. The number of carbonyl (C=O) groups is 1. The number of sulfone groups is 1. The second-order valence-electron chi connectivity index (χ2n) is 5.13. The number of amides is 1. The van der Waals surface area contributed by atoms with Crippen LogP contribution in [0.1, 0.15) is 24.2 Å². The minimum absolute atomic E-state index is 0. The van der Waals surface area contributed by atoms with Crippen molar-refractivity contribution >= 4 is 39.8 Å². The van der Waals surface area contributed by atoms with Crippen molar-refractivity contribution in [1.29, 1.82) is 5.41 Å². The molecule has 1 aromatic carbocycles. The van der Waals surface area contributed by atoms with Crippen molar-refractivity contribution in [2.24, 2.45) is 11.7 Å². The average molecular weight is 349 g/mol. The van der Waals surface area contributed by atoms with Crippen LogP contribution in [0.25, 0.3) is 0 Å². The van der Waals surface area contributed by atoms with Crippen molar-refractivity contribution in [3.8, 4) is 0 Å². The zero-order chi connectivity index (χ0) is 16.2. The molecule has 0 radical (unpaired) electrons. The molecule has 124 valence electrons. The molecule has 0 aliphatic carbocycles. The Kier molecular flexibility index (Phi) is 7.34. The number of benzene rings is 1. The maximum atomic E-state index is 11.9. The molecule has 0 spiro atoms. The predicted octanol–water partition coefficient (Wildman–Crippen LogP) is 1.20. The molecule has 0 aliphatic heterocycles. The highest BCUT2D eigenvalue weighted by atomic mass is 35.5. The summed E-state index contributed by atoms with van der Waals surface area (Å²) in [5.74, 6) is -0.774. The number of guanidine groups is 1. The van der Waals surface area contributed by atoms with E-state index in [0.717, 1.165) is 6.26 Å². The van der Waals surface area contributed by atoms with E-state index in [0.29, 0.717) is 18.2 Å². The highest BCUT2D eigenvalue weighted by molar-refractivity contribution is 7.90. The molecular formula is C13H21ClN4O3S. The molecule has 0 aromatic heterocycles. The van der Waals surface area contributed by atoms with E-state index in [1.54, 1.807) is 0 Å². The number of nitrogens with two attached hydrogens (primary N) is 1. The van der Waals surface area contributed by atoms with Crippen LogP contribution in [-0.2, 0) is 9.84 Å². The normalized spacial score (nSPS) is 10.7. The molecule has 5 N–H and O–H groups in total. The Balaban J connectivity index is 0.00000441. The molecular weight excluding hydrogens is 328 g/mol. The standard InChI is InChI=1S/C13H20N4O3S.ClH/c1-8(2)7-16-10-5-4-9(12(18)17-13(14)15)6-11(10)21(3,19)20;/h4-6,8,16H,7H2,1-3H3,(H4,14,15,17,18);1H. The van der Waals surface area contributed by atoms with Gasteiger partial charge in [0.1, 0.15) is 0 Å². The van der Waals surface area contributed by atoms with Crippen molar-refractivity contribution in [3.63, 3.8) is 0 Å². The first-order valence-electron chi connectivity index (χ1n) is 6.34. The molecule has 7 nitrogen and oxygen atoms in total. The minimum atomic E-state index is -3.49. The van der Waals surface area contributed by atoms with Gasteiger partial charge in [0.05, 0.1) is 10.6 Å². The molecule has 1 rings (SSSR count). The van der Waals surface area contributed by atoms with E-state index < -0.39 is 21.7 Å². The highest BCUT2D eigenvalue weighted by Gasteiger charge is 2.17. The third-order valence-corrected chi connectivity index (χ3v) is 3.73. The van der Waals surface area contributed by atoms with Crippen LogP contribution in [0.3, 0.4) is 0 Å². The van der Waals surface area contributed by atoms with Crippen LogP contribution < -0.4 is 16.4 Å². The van der Waals surface area contributed by atoms with Crippen molar-refractivity contribution in [2.45, 2.75) is 18.7 Å². The zero-order valence-electron chi connectivity index (χ0n) is 12.6. The van der Waals surface area contributed by atoms with Crippen LogP contribution in [0, 0.1) is 11.3 Å². The van der Waals surface area contributed by atoms with Crippen LogP contribution in [0.4, 0.5) is 5.69 Å². The number of nitrogens with one attached hydrogen (secondary N) is 3.